The monoisotopic (exact) mass is 319 g/mol. The van der Waals surface area contributed by atoms with Gasteiger partial charge < -0.3 is 0 Å². The normalized spacial score (nSPS) is 17.2. The zero-order chi connectivity index (χ0) is 14.9. The van der Waals surface area contributed by atoms with Gasteiger partial charge in [0, 0.05) is 25.5 Å². The summed E-state index contributed by atoms with van der Waals surface area (Å²) in [4.78, 5) is 0.344. The van der Waals surface area contributed by atoms with Crippen molar-refractivity contribution in [2.24, 2.45) is 7.05 Å². The van der Waals surface area contributed by atoms with Gasteiger partial charge in [0.15, 0.2) is 0 Å². The third-order valence-corrected chi connectivity index (χ3v) is 6.42. The first-order chi connectivity index (χ1) is 9.39. The Morgan fingerprint density at radius 3 is 2.40 bits per heavy atom. The van der Waals surface area contributed by atoms with Gasteiger partial charge in [0.1, 0.15) is 4.90 Å². The van der Waals surface area contributed by atoms with Crippen LogP contribution in [0.1, 0.15) is 37.1 Å². The van der Waals surface area contributed by atoms with Crippen molar-refractivity contribution in [2.45, 2.75) is 50.5 Å². The maximum Gasteiger partial charge on any atom is 0.247 e. The minimum Gasteiger partial charge on any atom is -0.271 e. The topological polar surface area (TPSA) is 55.2 Å². The predicted octanol–water partition coefficient (Wildman–Crippen LogP) is 2.21. The van der Waals surface area contributed by atoms with E-state index in [0.29, 0.717) is 28.7 Å². The van der Waals surface area contributed by atoms with Gasteiger partial charge in [-0.05, 0) is 26.7 Å². The first-order valence-corrected chi connectivity index (χ1v) is 8.95. The molecule has 0 bridgehead atoms. The van der Waals surface area contributed by atoms with Crippen molar-refractivity contribution in [3.05, 3.63) is 11.4 Å². The van der Waals surface area contributed by atoms with Crippen molar-refractivity contribution < 1.29 is 8.42 Å². The molecule has 1 fully saturated rings. The van der Waals surface area contributed by atoms with Crippen LogP contribution >= 0.6 is 11.6 Å². The summed E-state index contributed by atoms with van der Waals surface area (Å²) < 4.78 is 29.2. The predicted molar refractivity (Wildman–Crippen MR) is 79.5 cm³/mol. The number of hydrogen-bond acceptors (Lipinski definition) is 3. The average molecular weight is 320 g/mol. The Morgan fingerprint density at radius 1 is 1.35 bits per heavy atom. The fraction of sp³-hybridized carbons (Fsp3) is 0.769. The lowest BCUT2D eigenvalue weighted by Crippen LogP contribution is -2.40. The molecule has 0 unspecified atom stereocenters. The molecule has 0 spiro atoms. The molecular weight excluding hydrogens is 298 g/mol. The van der Waals surface area contributed by atoms with Crippen molar-refractivity contribution in [1.29, 1.82) is 0 Å². The molecule has 1 aromatic heterocycles. The summed E-state index contributed by atoms with van der Waals surface area (Å²) >= 11 is 5.83. The van der Waals surface area contributed by atoms with Crippen LogP contribution in [0.15, 0.2) is 4.90 Å². The summed E-state index contributed by atoms with van der Waals surface area (Å²) in [6.45, 7) is 3.90. The van der Waals surface area contributed by atoms with Gasteiger partial charge in [-0.3, -0.25) is 4.68 Å². The molecule has 0 aliphatic heterocycles. The molecule has 114 valence electrons. The number of sulfonamides is 1. The largest absolute Gasteiger partial charge is 0.271 e. The van der Waals surface area contributed by atoms with Gasteiger partial charge in [-0.15, -0.1) is 11.6 Å². The van der Waals surface area contributed by atoms with Crippen LogP contribution in [-0.4, -0.2) is 41.0 Å². The van der Waals surface area contributed by atoms with Gasteiger partial charge in [0.2, 0.25) is 10.0 Å². The van der Waals surface area contributed by atoms with Gasteiger partial charge >= 0.3 is 0 Å². The van der Waals surface area contributed by atoms with Crippen LogP contribution in [0.5, 0.6) is 0 Å². The Labute approximate surface area is 126 Å². The molecule has 0 amide bonds. The second kappa shape index (κ2) is 6.03. The van der Waals surface area contributed by atoms with Gasteiger partial charge in [0.25, 0.3) is 0 Å². The molecule has 1 aliphatic rings. The SMILES string of the molecule is Cc1nn(C)c(C)c1S(=O)(=O)N(CCCl)C1CCCC1. The number of hydrogen-bond donors (Lipinski definition) is 0. The Kier molecular flexibility index (Phi) is 4.76. The fourth-order valence-corrected chi connectivity index (χ4v) is 5.39. The van der Waals surface area contributed by atoms with E-state index in [-0.39, 0.29) is 6.04 Å². The van der Waals surface area contributed by atoms with Gasteiger partial charge in [0.05, 0.1) is 11.4 Å². The standard InChI is InChI=1S/C13H22ClN3O2S/c1-10-13(11(2)16(3)15-10)20(18,19)17(9-8-14)12-6-4-5-7-12/h12H,4-9H2,1-3H3. The minimum absolute atomic E-state index is 0.0813. The smallest absolute Gasteiger partial charge is 0.247 e. The molecule has 0 radical (unpaired) electrons. The molecule has 0 N–H and O–H groups in total. The lowest BCUT2D eigenvalue weighted by molar-refractivity contribution is 0.336. The van der Waals surface area contributed by atoms with Gasteiger partial charge in [-0.25, -0.2) is 8.42 Å². The molecule has 0 aromatic carbocycles. The molecule has 1 aliphatic carbocycles. The molecule has 1 aromatic rings. The highest BCUT2D eigenvalue weighted by molar-refractivity contribution is 7.89. The number of aryl methyl sites for hydroxylation is 2. The Morgan fingerprint density at radius 2 is 1.95 bits per heavy atom. The number of aromatic nitrogens is 2. The van der Waals surface area contributed by atoms with Crippen molar-refractivity contribution in [3.8, 4) is 0 Å². The lowest BCUT2D eigenvalue weighted by atomic mass is 10.2. The third kappa shape index (κ3) is 2.73. The van der Waals surface area contributed by atoms with Crippen molar-refractivity contribution in [3.63, 3.8) is 0 Å². The summed E-state index contributed by atoms with van der Waals surface area (Å²) in [5.74, 6) is 0.314. The van der Waals surface area contributed by atoms with Gasteiger partial charge in [-0.2, -0.15) is 9.40 Å². The molecule has 0 atom stereocenters. The van der Waals surface area contributed by atoms with Crippen LogP contribution in [0.25, 0.3) is 0 Å². The first-order valence-electron chi connectivity index (χ1n) is 6.97. The summed E-state index contributed by atoms with van der Waals surface area (Å²) in [6.07, 6.45) is 4.02. The Balaban J connectivity index is 2.44. The van der Waals surface area contributed by atoms with Crippen molar-refractivity contribution in [1.82, 2.24) is 14.1 Å². The molecule has 0 saturated heterocycles. The van der Waals surface area contributed by atoms with Crippen LogP contribution < -0.4 is 0 Å². The highest BCUT2D eigenvalue weighted by atomic mass is 35.5. The zero-order valence-corrected chi connectivity index (χ0v) is 13.8. The molecule has 5 nitrogen and oxygen atoms in total. The summed E-state index contributed by atoms with van der Waals surface area (Å²) in [5.41, 5.74) is 1.24. The van der Waals surface area contributed by atoms with Crippen molar-refractivity contribution >= 4 is 21.6 Å². The van der Waals surface area contributed by atoms with E-state index in [1.54, 1.807) is 29.9 Å². The van der Waals surface area contributed by atoms with E-state index in [9.17, 15) is 8.42 Å². The average Bonchev–Trinajstić information content (AvgIpc) is 2.96. The van der Waals surface area contributed by atoms with E-state index >= 15 is 0 Å². The van der Waals surface area contributed by atoms with E-state index in [4.69, 9.17) is 11.6 Å². The van der Waals surface area contributed by atoms with Crippen LogP contribution in [0.3, 0.4) is 0 Å². The summed E-state index contributed by atoms with van der Waals surface area (Å²) in [7, 11) is -1.75. The van der Waals surface area contributed by atoms with Crippen LogP contribution in [0.2, 0.25) is 0 Å². The minimum atomic E-state index is -3.52. The number of rotatable bonds is 5. The molecular formula is C13H22ClN3O2S. The molecule has 2 rings (SSSR count). The second-order valence-corrected chi connectivity index (χ2v) is 7.57. The Hall–Kier alpha value is -0.590. The molecule has 20 heavy (non-hydrogen) atoms. The van der Waals surface area contributed by atoms with Crippen LogP contribution in [0, 0.1) is 13.8 Å². The fourth-order valence-electron chi connectivity index (χ4n) is 3.02. The van der Waals surface area contributed by atoms with E-state index in [2.05, 4.69) is 5.10 Å². The van der Waals surface area contributed by atoms with Crippen molar-refractivity contribution in [2.75, 3.05) is 12.4 Å². The first kappa shape index (κ1) is 15.8. The Bertz CT molecular complexity index is 577. The maximum absolute atomic E-state index is 13.0. The maximum atomic E-state index is 13.0. The third-order valence-electron chi connectivity index (χ3n) is 4.05. The quantitative estimate of drug-likeness (QED) is 0.782. The van der Waals surface area contributed by atoms with E-state index in [1.165, 1.54) is 0 Å². The van der Waals surface area contributed by atoms with Gasteiger partial charge in [-0.1, -0.05) is 12.8 Å². The van der Waals surface area contributed by atoms with Crippen LogP contribution in [-0.2, 0) is 17.1 Å². The highest BCUT2D eigenvalue weighted by Gasteiger charge is 2.36. The van der Waals surface area contributed by atoms with E-state index in [0.717, 1.165) is 25.7 Å². The second-order valence-electron chi connectivity index (χ2n) is 5.37. The summed E-state index contributed by atoms with van der Waals surface area (Å²) in [6, 6.07) is 0.0813. The van der Waals surface area contributed by atoms with E-state index in [1.807, 2.05) is 0 Å². The zero-order valence-electron chi connectivity index (χ0n) is 12.3. The lowest BCUT2D eigenvalue weighted by Gasteiger charge is -2.27. The number of nitrogens with zero attached hydrogens (tertiary/aromatic N) is 3. The number of alkyl halides is 1. The highest BCUT2D eigenvalue weighted by Crippen LogP contribution is 2.30. The molecule has 1 saturated carbocycles. The van der Waals surface area contributed by atoms with Crippen LogP contribution in [0.4, 0.5) is 0 Å². The number of halogens is 1. The molecule has 7 heteroatoms. The van der Waals surface area contributed by atoms with E-state index < -0.39 is 10.0 Å². The summed E-state index contributed by atoms with van der Waals surface area (Å²) in [5, 5.41) is 4.22. The molecule has 1 heterocycles.